The van der Waals surface area contributed by atoms with E-state index >= 15 is 0 Å². The number of hydrogen-bond donors (Lipinski definition) is 1. The molecular formula is C24H23N5O4S. The van der Waals surface area contributed by atoms with Crippen LogP contribution < -0.4 is 10.1 Å². The van der Waals surface area contributed by atoms with Crippen molar-refractivity contribution in [3.05, 3.63) is 58.0 Å². The maximum atomic E-state index is 13.5. The van der Waals surface area contributed by atoms with Gasteiger partial charge in [0.1, 0.15) is 24.4 Å². The second-order valence-corrected chi connectivity index (χ2v) is 9.87. The molecule has 1 aliphatic carbocycles. The van der Waals surface area contributed by atoms with Gasteiger partial charge in [-0.3, -0.25) is 19.2 Å². The predicted molar refractivity (Wildman–Crippen MR) is 124 cm³/mol. The minimum Gasteiger partial charge on any atom is -0.491 e. The van der Waals surface area contributed by atoms with Crippen LogP contribution in [0.25, 0.3) is 11.1 Å². The normalized spacial score (nSPS) is 21.3. The summed E-state index contributed by atoms with van der Waals surface area (Å²) in [5.74, 6) is 0.166. The molecule has 1 fully saturated rings. The van der Waals surface area contributed by atoms with Crippen LogP contribution in [0.5, 0.6) is 5.75 Å². The number of hydrogen-bond acceptors (Lipinski definition) is 6. The van der Waals surface area contributed by atoms with Crippen LogP contribution in [-0.4, -0.2) is 57.1 Å². The number of thiophene rings is 1. The molecule has 1 saturated heterocycles. The van der Waals surface area contributed by atoms with Crippen molar-refractivity contribution in [3.63, 3.8) is 0 Å². The lowest BCUT2D eigenvalue weighted by atomic mass is 9.90. The molecule has 1 N–H and O–H groups in total. The number of amides is 4. The summed E-state index contributed by atoms with van der Waals surface area (Å²) in [7, 11) is 1.87. The molecule has 9 nitrogen and oxygen atoms in total. The van der Waals surface area contributed by atoms with E-state index in [1.807, 2.05) is 36.8 Å². The average molecular weight is 478 g/mol. The first kappa shape index (κ1) is 20.9. The highest BCUT2D eigenvalue weighted by atomic mass is 32.1. The lowest BCUT2D eigenvalue weighted by Crippen LogP contribution is -2.45. The number of rotatable bonds is 3. The molecule has 3 aromatic rings. The van der Waals surface area contributed by atoms with Crippen molar-refractivity contribution in [1.82, 2.24) is 24.9 Å². The van der Waals surface area contributed by atoms with Crippen molar-refractivity contribution in [2.24, 2.45) is 7.05 Å². The summed E-state index contributed by atoms with van der Waals surface area (Å²) in [5, 5.41) is 9.06. The van der Waals surface area contributed by atoms with E-state index in [1.54, 1.807) is 15.8 Å². The summed E-state index contributed by atoms with van der Waals surface area (Å²) in [5.41, 5.74) is 2.74. The van der Waals surface area contributed by atoms with Gasteiger partial charge in [0.15, 0.2) is 0 Å². The quantitative estimate of drug-likeness (QED) is 0.584. The number of benzene rings is 1. The highest BCUT2D eigenvalue weighted by molar-refractivity contribution is 7.10. The van der Waals surface area contributed by atoms with E-state index in [1.165, 1.54) is 11.3 Å². The number of carbonyl (C=O) groups excluding carboxylic acids is 3. The van der Waals surface area contributed by atoms with Crippen molar-refractivity contribution >= 4 is 29.2 Å². The molecule has 4 heterocycles. The lowest BCUT2D eigenvalue weighted by Gasteiger charge is -2.24. The molecule has 1 spiro atoms. The Morgan fingerprint density at radius 1 is 1.26 bits per heavy atom. The Kier molecular flexibility index (Phi) is 4.73. The fourth-order valence-corrected chi connectivity index (χ4v) is 5.91. The second-order valence-electron chi connectivity index (χ2n) is 8.87. The van der Waals surface area contributed by atoms with Gasteiger partial charge in [-0.05, 0) is 41.0 Å². The smallest absolute Gasteiger partial charge is 0.325 e. The number of carbonyl (C=O) groups is 3. The molecule has 10 heteroatoms. The van der Waals surface area contributed by atoms with Crippen molar-refractivity contribution in [2.75, 3.05) is 19.7 Å². The number of urea groups is 1. The lowest BCUT2D eigenvalue weighted by molar-refractivity contribution is -0.139. The molecular weight excluding hydrogens is 454 g/mol. The van der Waals surface area contributed by atoms with Crippen molar-refractivity contribution in [2.45, 2.75) is 24.9 Å². The van der Waals surface area contributed by atoms with E-state index < -0.39 is 11.6 Å². The van der Waals surface area contributed by atoms with Crippen molar-refractivity contribution < 1.29 is 19.1 Å². The molecule has 6 rings (SSSR count). The Hall–Kier alpha value is -3.66. The van der Waals surface area contributed by atoms with Crippen molar-refractivity contribution in [3.8, 4) is 16.9 Å². The molecule has 34 heavy (non-hydrogen) atoms. The summed E-state index contributed by atoms with van der Waals surface area (Å²) in [6, 6.07) is 7.30. The Labute approximate surface area is 199 Å². The topological polar surface area (TPSA) is 96.8 Å². The van der Waals surface area contributed by atoms with Gasteiger partial charge >= 0.3 is 6.03 Å². The van der Waals surface area contributed by atoms with Crippen LogP contribution in [0.1, 0.15) is 22.4 Å². The van der Waals surface area contributed by atoms with Crippen molar-refractivity contribution in [1.29, 1.82) is 0 Å². The van der Waals surface area contributed by atoms with Gasteiger partial charge in [0.05, 0.1) is 24.2 Å². The van der Waals surface area contributed by atoms with Gasteiger partial charge in [-0.25, -0.2) is 4.79 Å². The SMILES string of the molecule is Cn1cc(-c2ccc3c(c2)CC[C@]32NC(=O)N(CC(=O)N3CCOc4ccsc4C3)C2=O)cn1. The molecule has 1 aromatic carbocycles. The summed E-state index contributed by atoms with van der Waals surface area (Å²) in [6.07, 6.45) is 4.89. The third-order valence-electron chi connectivity index (χ3n) is 6.85. The zero-order chi connectivity index (χ0) is 23.4. The maximum Gasteiger partial charge on any atom is 0.325 e. The maximum absolute atomic E-state index is 13.5. The van der Waals surface area contributed by atoms with Gasteiger partial charge in [0, 0.05) is 18.8 Å². The van der Waals surface area contributed by atoms with Crippen LogP contribution in [0.3, 0.4) is 0 Å². The monoisotopic (exact) mass is 477 g/mol. The summed E-state index contributed by atoms with van der Waals surface area (Å²) >= 11 is 1.53. The molecule has 0 unspecified atom stereocenters. The van der Waals surface area contributed by atoms with Gasteiger partial charge in [-0.15, -0.1) is 11.3 Å². The fraction of sp³-hybridized carbons (Fsp3) is 0.333. The number of aryl methyl sites for hydroxylation is 2. The van der Waals surface area contributed by atoms with Gasteiger partial charge in [-0.2, -0.15) is 5.10 Å². The van der Waals surface area contributed by atoms with Crippen LogP contribution in [0.2, 0.25) is 0 Å². The van der Waals surface area contributed by atoms with Gasteiger partial charge in [0.2, 0.25) is 5.91 Å². The van der Waals surface area contributed by atoms with Crippen LogP contribution >= 0.6 is 11.3 Å². The molecule has 0 bridgehead atoms. The van der Waals surface area contributed by atoms with Crippen LogP contribution in [0, 0.1) is 0 Å². The molecule has 3 aliphatic rings. The van der Waals surface area contributed by atoms with E-state index in [-0.39, 0.29) is 18.4 Å². The molecule has 2 aromatic heterocycles. The standard InChI is InChI=1S/C24H23N5O4S/c1-27-12-17(11-25-27)15-2-3-18-16(10-15)4-6-24(18)22(31)29(23(32)26-24)14-21(30)28-7-8-33-19-5-9-34-20(19)13-28/h2-3,5,9-12H,4,6-8,13-14H2,1H3,(H,26,32)/t24-/m0/s1. The molecule has 4 amide bonds. The van der Waals surface area contributed by atoms with Crippen LogP contribution in [0.4, 0.5) is 4.79 Å². The molecule has 2 aliphatic heterocycles. The molecule has 174 valence electrons. The Morgan fingerprint density at radius 2 is 2.15 bits per heavy atom. The fourth-order valence-electron chi connectivity index (χ4n) is 5.08. The van der Waals surface area contributed by atoms with Gasteiger partial charge in [0.25, 0.3) is 5.91 Å². The second kappa shape index (κ2) is 7.69. The Morgan fingerprint density at radius 3 is 2.97 bits per heavy atom. The minimum absolute atomic E-state index is 0.268. The average Bonchev–Trinajstić information content (AvgIpc) is 3.56. The highest BCUT2D eigenvalue weighted by Gasteiger charge is 2.55. The minimum atomic E-state index is -1.11. The first-order valence-electron chi connectivity index (χ1n) is 11.2. The largest absolute Gasteiger partial charge is 0.491 e. The molecule has 1 atom stereocenters. The number of nitrogens with one attached hydrogen (secondary N) is 1. The van der Waals surface area contributed by atoms with E-state index in [2.05, 4.69) is 16.5 Å². The van der Waals surface area contributed by atoms with Gasteiger partial charge < -0.3 is 15.0 Å². The van der Waals surface area contributed by atoms with Crippen LogP contribution in [0.15, 0.2) is 42.0 Å². The van der Waals surface area contributed by atoms with Crippen LogP contribution in [-0.2, 0) is 35.1 Å². The number of aromatic nitrogens is 2. The number of imide groups is 1. The molecule has 0 radical (unpaired) electrons. The number of fused-ring (bicyclic) bond motifs is 3. The Balaban J connectivity index is 1.22. The molecule has 0 saturated carbocycles. The highest BCUT2D eigenvalue weighted by Crippen LogP contribution is 2.42. The van der Waals surface area contributed by atoms with E-state index in [4.69, 9.17) is 4.74 Å². The van der Waals surface area contributed by atoms with E-state index in [9.17, 15) is 14.4 Å². The van der Waals surface area contributed by atoms with E-state index in [0.717, 1.165) is 37.8 Å². The van der Waals surface area contributed by atoms with Gasteiger partial charge in [-0.1, -0.05) is 18.2 Å². The summed E-state index contributed by atoms with van der Waals surface area (Å²) in [6.45, 7) is 0.929. The number of ether oxygens (including phenoxy) is 1. The summed E-state index contributed by atoms with van der Waals surface area (Å²) in [4.78, 5) is 43.2. The predicted octanol–water partition coefficient (Wildman–Crippen LogP) is 2.26. The van der Waals surface area contributed by atoms with E-state index in [0.29, 0.717) is 32.5 Å². The summed E-state index contributed by atoms with van der Waals surface area (Å²) < 4.78 is 7.44. The third kappa shape index (κ3) is 3.20. The Bertz CT molecular complexity index is 1330. The first-order chi connectivity index (χ1) is 16.4. The zero-order valence-electron chi connectivity index (χ0n) is 18.6. The zero-order valence-corrected chi connectivity index (χ0v) is 19.4. The third-order valence-corrected chi connectivity index (χ3v) is 7.74. The number of nitrogens with zero attached hydrogens (tertiary/aromatic N) is 4. The first-order valence-corrected chi connectivity index (χ1v) is 12.1.